The smallest absolute Gasteiger partial charge is 0.409 e. The lowest BCUT2D eigenvalue weighted by Crippen LogP contribution is -2.39. The van der Waals surface area contributed by atoms with Crippen molar-refractivity contribution in [3.8, 4) is 0 Å². The summed E-state index contributed by atoms with van der Waals surface area (Å²) in [6, 6.07) is 0. The molecule has 128 valence electrons. The lowest BCUT2D eigenvalue weighted by Gasteiger charge is -2.32. The summed E-state index contributed by atoms with van der Waals surface area (Å²) in [5, 5.41) is 0. The quantitative estimate of drug-likeness (QED) is 0.756. The summed E-state index contributed by atoms with van der Waals surface area (Å²) in [6.07, 6.45) is 9.80. The normalized spacial score (nSPS) is 19.6. The van der Waals surface area contributed by atoms with Crippen LogP contribution in [-0.4, -0.2) is 54.0 Å². The Morgan fingerprint density at radius 3 is 2.70 bits per heavy atom. The number of rotatable bonds is 6. The predicted molar refractivity (Wildman–Crippen MR) is 86.3 cm³/mol. The minimum Gasteiger partial charge on any atom is -0.447 e. The van der Waals surface area contributed by atoms with E-state index in [1.807, 2.05) is 6.20 Å². The fourth-order valence-electron chi connectivity index (χ4n) is 3.41. The Labute approximate surface area is 137 Å². The van der Waals surface area contributed by atoms with Crippen LogP contribution in [0.25, 0.3) is 0 Å². The molecule has 2 heterocycles. The molecule has 0 bridgehead atoms. The molecule has 0 aromatic carbocycles. The largest absolute Gasteiger partial charge is 0.447 e. The van der Waals surface area contributed by atoms with Crippen molar-refractivity contribution >= 4 is 6.09 Å². The maximum atomic E-state index is 12.0. The molecule has 1 aromatic heterocycles. The second-order valence-electron chi connectivity index (χ2n) is 6.60. The van der Waals surface area contributed by atoms with Gasteiger partial charge in [0.05, 0.1) is 6.61 Å². The van der Waals surface area contributed by atoms with Gasteiger partial charge in [0.1, 0.15) is 12.4 Å². The molecule has 1 saturated carbocycles. The molecular formula is C17H27N3O3. The van der Waals surface area contributed by atoms with Crippen LogP contribution < -0.4 is 0 Å². The predicted octanol–water partition coefficient (Wildman–Crippen LogP) is 2.65. The zero-order chi connectivity index (χ0) is 16.1. The first-order valence-corrected chi connectivity index (χ1v) is 8.69. The number of piperidine rings is 1. The molecule has 1 aromatic rings. The van der Waals surface area contributed by atoms with Crippen LogP contribution in [0.4, 0.5) is 4.79 Å². The van der Waals surface area contributed by atoms with Gasteiger partial charge < -0.3 is 18.9 Å². The van der Waals surface area contributed by atoms with Crippen LogP contribution in [0.15, 0.2) is 12.4 Å². The van der Waals surface area contributed by atoms with Crippen molar-refractivity contribution in [3.63, 3.8) is 0 Å². The number of carbonyl (C=O) groups excluding carboxylic acids is 1. The molecule has 2 fully saturated rings. The number of nitrogens with zero attached hydrogens (tertiary/aromatic N) is 3. The first-order valence-electron chi connectivity index (χ1n) is 8.69. The molecule has 0 N–H and O–H groups in total. The van der Waals surface area contributed by atoms with Gasteiger partial charge in [0.15, 0.2) is 0 Å². The molecule has 0 radical (unpaired) electrons. The topological polar surface area (TPSA) is 56.6 Å². The summed E-state index contributed by atoms with van der Waals surface area (Å²) in [7, 11) is 1.60. The summed E-state index contributed by atoms with van der Waals surface area (Å²) in [5.41, 5.74) is 0. The Hall–Kier alpha value is -1.56. The molecule has 2 aliphatic rings. The standard InChI is InChI=1S/C17H27N3O3/c1-22-11-12-23-17(21)19-8-5-15(6-9-19)16-18-7-10-20(16)13-14-3-2-4-14/h7,10,14-15H,2-6,8-9,11-13H2,1H3. The summed E-state index contributed by atoms with van der Waals surface area (Å²) in [6.45, 7) is 3.36. The van der Waals surface area contributed by atoms with E-state index >= 15 is 0 Å². The Bertz CT molecular complexity index is 505. The SMILES string of the molecule is COCCOC(=O)N1CCC(c2nccn2CC2CCC2)CC1. The summed E-state index contributed by atoms with van der Waals surface area (Å²) in [4.78, 5) is 18.3. The minimum absolute atomic E-state index is 0.224. The molecule has 0 atom stereocenters. The van der Waals surface area contributed by atoms with E-state index in [0.29, 0.717) is 19.1 Å². The van der Waals surface area contributed by atoms with Gasteiger partial charge in [-0.15, -0.1) is 0 Å². The first kappa shape index (κ1) is 16.3. The molecule has 3 rings (SSSR count). The molecule has 6 heteroatoms. The zero-order valence-electron chi connectivity index (χ0n) is 13.9. The van der Waals surface area contributed by atoms with Crippen molar-refractivity contribution in [3.05, 3.63) is 18.2 Å². The lowest BCUT2D eigenvalue weighted by molar-refractivity contribution is 0.0655. The van der Waals surface area contributed by atoms with Gasteiger partial charge in [-0.3, -0.25) is 0 Å². The Morgan fingerprint density at radius 1 is 1.26 bits per heavy atom. The number of methoxy groups -OCH3 is 1. The third kappa shape index (κ3) is 4.05. The van der Waals surface area contributed by atoms with Crippen LogP contribution in [-0.2, 0) is 16.0 Å². The average molecular weight is 321 g/mol. The van der Waals surface area contributed by atoms with Gasteiger partial charge in [-0.2, -0.15) is 0 Å². The molecule has 23 heavy (non-hydrogen) atoms. The summed E-state index contributed by atoms with van der Waals surface area (Å²) in [5.74, 6) is 2.48. The van der Waals surface area contributed by atoms with Crippen molar-refractivity contribution in [1.29, 1.82) is 0 Å². The fourth-order valence-corrected chi connectivity index (χ4v) is 3.41. The van der Waals surface area contributed by atoms with Crippen molar-refractivity contribution in [2.75, 3.05) is 33.4 Å². The zero-order valence-corrected chi connectivity index (χ0v) is 13.9. The van der Waals surface area contributed by atoms with Gasteiger partial charge in [0.2, 0.25) is 0 Å². The van der Waals surface area contributed by atoms with Crippen LogP contribution in [0.1, 0.15) is 43.8 Å². The van der Waals surface area contributed by atoms with Crippen LogP contribution in [0, 0.1) is 5.92 Å². The Morgan fingerprint density at radius 2 is 2.04 bits per heavy atom. The van der Waals surface area contributed by atoms with E-state index in [1.165, 1.54) is 25.1 Å². The summed E-state index contributed by atoms with van der Waals surface area (Å²) < 4.78 is 12.4. The average Bonchev–Trinajstić information content (AvgIpc) is 2.99. The molecule has 1 saturated heterocycles. The number of amides is 1. The molecule has 0 spiro atoms. The molecular weight excluding hydrogens is 294 g/mol. The first-order chi connectivity index (χ1) is 11.3. The van der Waals surface area contributed by atoms with E-state index in [-0.39, 0.29) is 6.09 Å². The van der Waals surface area contributed by atoms with E-state index in [0.717, 1.165) is 38.4 Å². The number of aromatic nitrogens is 2. The van der Waals surface area contributed by atoms with E-state index in [9.17, 15) is 4.79 Å². The number of hydrogen-bond acceptors (Lipinski definition) is 4. The van der Waals surface area contributed by atoms with E-state index < -0.39 is 0 Å². The highest BCUT2D eigenvalue weighted by molar-refractivity contribution is 5.67. The molecule has 0 unspecified atom stereocenters. The van der Waals surface area contributed by atoms with E-state index in [2.05, 4.69) is 15.7 Å². The molecule has 6 nitrogen and oxygen atoms in total. The van der Waals surface area contributed by atoms with Crippen molar-refractivity contribution in [2.24, 2.45) is 5.92 Å². The molecule has 1 aliphatic heterocycles. The molecule has 1 aliphatic carbocycles. The second-order valence-corrected chi connectivity index (χ2v) is 6.60. The van der Waals surface area contributed by atoms with E-state index in [1.54, 1.807) is 12.0 Å². The van der Waals surface area contributed by atoms with Gasteiger partial charge in [-0.1, -0.05) is 6.42 Å². The van der Waals surface area contributed by atoms with Gasteiger partial charge in [0.25, 0.3) is 0 Å². The third-order valence-corrected chi connectivity index (χ3v) is 5.06. The highest BCUT2D eigenvalue weighted by atomic mass is 16.6. The minimum atomic E-state index is -0.224. The number of imidazole rings is 1. The fraction of sp³-hybridized carbons (Fsp3) is 0.765. The van der Waals surface area contributed by atoms with Crippen molar-refractivity contribution in [1.82, 2.24) is 14.5 Å². The highest BCUT2D eigenvalue weighted by Gasteiger charge is 2.28. The van der Waals surface area contributed by atoms with Gasteiger partial charge >= 0.3 is 6.09 Å². The van der Waals surface area contributed by atoms with Crippen LogP contribution in [0.5, 0.6) is 0 Å². The van der Waals surface area contributed by atoms with Gasteiger partial charge in [0, 0.05) is 45.1 Å². The van der Waals surface area contributed by atoms with E-state index in [4.69, 9.17) is 9.47 Å². The number of ether oxygens (including phenoxy) is 2. The maximum absolute atomic E-state index is 12.0. The third-order valence-electron chi connectivity index (χ3n) is 5.06. The summed E-state index contributed by atoms with van der Waals surface area (Å²) >= 11 is 0. The number of likely N-dealkylation sites (tertiary alicyclic amines) is 1. The number of hydrogen-bond donors (Lipinski definition) is 0. The molecule has 1 amide bonds. The monoisotopic (exact) mass is 321 g/mol. The van der Waals surface area contributed by atoms with Crippen LogP contribution in [0.2, 0.25) is 0 Å². The Balaban J connectivity index is 1.49. The van der Waals surface area contributed by atoms with Crippen molar-refractivity contribution in [2.45, 2.75) is 44.6 Å². The second kappa shape index (κ2) is 7.81. The Kier molecular flexibility index (Phi) is 5.54. The van der Waals surface area contributed by atoms with Gasteiger partial charge in [-0.05, 0) is 31.6 Å². The lowest BCUT2D eigenvalue weighted by atomic mass is 9.85. The van der Waals surface area contributed by atoms with Gasteiger partial charge in [-0.25, -0.2) is 9.78 Å². The van der Waals surface area contributed by atoms with Crippen LogP contribution >= 0.6 is 0 Å². The van der Waals surface area contributed by atoms with Crippen LogP contribution in [0.3, 0.4) is 0 Å². The maximum Gasteiger partial charge on any atom is 0.409 e. The number of carbonyl (C=O) groups is 1. The highest BCUT2D eigenvalue weighted by Crippen LogP contribution is 2.31. The van der Waals surface area contributed by atoms with Crippen molar-refractivity contribution < 1.29 is 14.3 Å².